The Morgan fingerprint density at radius 1 is 1.24 bits per heavy atom. The van der Waals surface area contributed by atoms with Crippen LogP contribution in [0.1, 0.15) is 49.7 Å². The van der Waals surface area contributed by atoms with Crippen molar-refractivity contribution < 1.29 is 12.8 Å². The number of hydrogen-bond acceptors (Lipinski definition) is 4. The summed E-state index contributed by atoms with van der Waals surface area (Å²) in [6.45, 7) is 7.33. The van der Waals surface area contributed by atoms with Gasteiger partial charge in [0.1, 0.15) is 16.4 Å². The molecule has 5 nitrogen and oxygen atoms in total. The summed E-state index contributed by atoms with van der Waals surface area (Å²) < 4.78 is 33.3. The zero-order chi connectivity index (χ0) is 15.5. The van der Waals surface area contributed by atoms with Gasteiger partial charge >= 0.3 is 0 Å². The van der Waals surface area contributed by atoms with Crippen molar-refractivity contribution in [2.75, 3.05) is 13.1 Å². The van der Waals surface area contributed by atoms with Crippen molar-refractivity contribution in [2.45, 2.75) is 57.9 Å². The Labute approximate surface area is 127 Å². The minimum absolute atomic E-state index is 0.314. The lowest BCUT2D eigenvalue weighted by Gasteiger charge is -2.25. The first-order valence-electron chi connectivity index (χ1n) is 7.75. The van der Waals surface area contributed by atoms with Gasteiger partial charge in [-0.1, -0.05) is 26.2 Å². The van der Waals surface area contributed by atoms with Crippen LogP contribution >= 0.6 is 0 Å². The van der Waals surface area contributed by atoms with Crippen molar-refractivity contribution in [1.82, 2.24) is 10.0 Å². The van der Waals surface area contributed by atoms with E-state index < -0.39 is 10.0 Å². The van der Waals surface area contributed by atoms with Gasteiger partial charge in [-0.05, 0) is 32.7 Å². The predicted octanol–water partition coefficient (Wildman–Crippen LogP) is 2.47. The number of nitrogens with one attached hydrogen (secondary N) is 2. The molecule has 2 rings (SSSR count). The van der Waals surface area contributed by atoms with Gasteiger partial charge in [0.25, 0.3) is 0 Å². The van der Waals surface area contributed by atoms with Crippen molar-refractivity contribution in [3.8, 4) is 0 Å². The molecule has 1 aromatic rings. The summed E-state index contributed by atoms with van der Waals surface area (Å²) in [4.78, 5) is 0.314. The Hall–Kier alpha value is -0.850. The van der Waals surface area contributed by atoms with Crippen LogP contribution < -0.4 is 10.0 Å². The number of hydrogen-bond donors (Lipinski definition) is 2. The summed E-state index contributed by atoms with van der Waals surface area (Å²) in [5.74, 6) is 1.84. The second-order valence-corrected chi connectivity index (χ2v) is 7.49. The first kappa shape index (κ1) is 16.5. The third-order valence-corrected chi connectivity index (χ3v) is 5.87. The van der Waals surface area contributed by atoms with E-state index in [1.165, 1.54) is 19.3 Å². The molecule has 1 aliphatic rings. The fourth-order valence-electron chi connectivity index (χ4n) is 2.77. The van der Waals surface area contributed by atoms with Crippen LogP contribution in [0.2, 0.25) is 0 Å². The second-order valence-electron chi connectivity index (χ2n) is 5.79. The quantitative estimate of drug-likeness (QED) is 0.773. The maximum Gasteiger partial charge on any atom is 0.244 e. The van der Waals surface area contributed by atoms with Crippen molar-refractivity contribution in [3.63, 3.8) is 0 Å². The van der Waals surface area contributed by atoms with Gasteiger partial charge in [0.2, 0.25) is 10.0 Å². The van der Waals surface area contributed by atoms with Crippen LogP contribution in [0.4, 0.5) is 0 Å². The first-order valence-corrected chi connectivity index (χ1v) is 9.23. The lowest BCUT2D eigenvalue weighted by atomic mass is 9.83. The molecular weight excluding hydrogens is 288 g/mol. The molecule has 0 bridgehead atoms. The molecule has 1 saturated carbocycles. The second kappa shape index (κ2) is 6.94. The Balaban J connectivity index is 2.09. The number of sulfonamides is 1. The van der Waals surface area contributed by atoms with Crippen LogP contribution in [0.3, 0.4) is 0 Å². The van der Waals surface area contributed by atoms with Gasteiger partial charge in [0.05, 0.1) is 0 Å². The Morgan fingerprint density at radius 3 is 2.52 bits per heavy atom. The molecule has 2 N–H and O–H groups in total. The van der Waals surface area contributed by atoms with Crippen LogP contribution in [-0.4, -0.2) is 21.5 Å². The Morgan fingerprint density at radius 2 is 1.95 bits per heavy atom. The Kier molecular flexibility index (Phi) is 5.46. The normalized spacial score (nSPS) is 16.1. The van der Waals surface area contributed by atoms with Gasteiger partial charge in [-0.3, -0.25) is 0 Å². The molecule has 6 heteroatoms. The van der Waals surface area contributed by atoms with E-state index in [-0.39, 0.29) is 0 Å². The maximum absolute atomic E-state index is 12.5. The number of furan rings is 1. The smallest absolute Gasteiger partial charge is 0.244 e. The Bertz CT molecular complexity index is 574. The number of rotatable bonds is 8. The lowest BCUT2D eigenvalue weighted by molar-refractivity contribution is 0.297. The van der Waals surface area contributed by atoms with Gasteiger partial charge in [-0.15, -0.1) is 0 Å². The SMILES string of the molecule is CCNCc1c(C)oc(C)c1S(=O)(=O)NCCC1CCC1. The lowest BCUT2D eigenvalue weighted by Crippen LogP contribution is -2.29. The zero-order valence-electron chi connectivity index (χ0n) is 13.2. The topological polar surface area (TPSA) is 71.3 Å². The summed E-state index contributed by atoms with van der Waals surface area (Å²) >= 11 is 0. The minimum Gasteiger partial charge on any atom is -0.465 e. The molecule has 120 valence electrons. The van der Waals surface area contributed by atoms with E-state index in [1.54, 1.807) is 6.92 Å². The van der Waals surface area contributed by atoms with Crippen LogP contribution in [0.25, 0.3) is 0 Å². The highest BCUT2D eigenvalue weighted by molar-refractivity contribution is 7.89. The number of aryl methyl sites for hydroxylation is 2. The van der Waals surface area contributed by atoms with Crippen molar-refractivity contribution in [2.24, 2.45) is 5.92 Å². The van der Waals surface area contributed by atoms with E-state index in [9.17, 15) is 8.42 Å². The average molecular weight is 314 g/mol. The van der Waals surface area contributed by atoms with Crippen molar-refractivity contribution in [1.29, 1.82) is 0 Å². The molecule has 0 saturated heterocycles. The molecule has 1 fully saturated rings. The van der Waals surface area contributed by atoms with Gasteiger partial charge in [-0.25, -0.2) is 13.1 Å². The average Bonchev–Trinajstić information content (AvgIpc) is 2.65. The molecule has 1 aliphatic carbocycles. The van der Waals surface area contributed by atoms with Crippen molar-refractivity contribution >= 4 is 10.0 Å². The standard InChI is InChI=1S/C15H26N2O3S/c1-4-16-10-14-11(2)20-12(3)15(14)21(18,19)17-9-8-13-6-5-7-13/h13,16-17H,4-10H2,1-3H3. The van der Waals surface area contributed by atoms with Gasteiger partial charge in [0, 0.05) is 18.7 Å². The fraction of sp³-hybridized carbons (Fsp3) is 0.733. The van der Waals surface area contributed by atoms with Gasteiger partial charge in [0.15, 0.2) is 0 Å². The predicted molar refractivity (Wildman–Crippen MR) is 82.7 cm³/mol. The monoisotopic (exact) mass is 314 g/mol. The molecule has 0 radical (unpaired) electrons. The van der Waals surface area contributed by atoms with E-state index in [2.05, 4.69) is 10.0 Å². The van der Waals surface area contributed by atoms with Crippen LogP contribution in [0.15, 0.2) is 9.31 Å². The molecule has 0 unspecified atom stereocenters. The summed E-state index contributed by atoms with van der Waals surface area (Å²) in [6.07, 6.45) is 4.68. The fourth-order valence-corrected chi connectivity index (χ4v) is 4.26. The molecular formula is C15H26N2O3S. The van der Waals surface area contributed by atoms with E-state index in [4.69, 9.17) is 4.42 Å². The molecule has 21 heavy (non-hydrogen) atoms. The molecule has 0 aromatic carbocycles. The third kappa shape index (κ3) is 3.87. The van der Waals surface area contributed by atoms with Crippen LogP contribution in [0, 0.1) is 19.8 Å². The summed E-state index contributed by atoms with van der Waals surface area (Å²) in [5.41, 5.74) is 0.741. The molecule has 1 aromatic heterocycles. The highest BCUT2D eigenvalue weighted by Crippen LogP contribution is 2.29. The molecule has 1 heterocycles. The molecule has 0 aliphatic heterocycles. The van der Waals surface area contributed by atoms with E-state index >= 15 is 0 Å². The molecule has 0 atom stereocenters. The summed E-state index contributed by atoms with van der Waals surface area (Å²) in [7, 11) is -3.49. The maximum atomic E-state index is 12.5. The van der Waals surface area contributed by atoms with Gasteiger partial charge < -0.3 is 9.73 Å². The summed E-state index contributed by atoms with van der Waals surface area (Å²) in [5, 5.41) is 3.17. The third-order valence-electron chi connectivity index (χ3n) is 4.21. The van der Waals surface area contributed by atoms with E-state index in [0.717, 1.165) is 18.5 Å². The van der Waals surface area contributed by atoms with Crippen LogP contribution in [0.5, 0.6) is 0 Å². The largest absolute Gasteiger partial charge is 0.465 e. The summed E-state index contributed by atoms with van der Waals surface area (Å²) in [6, 6.07) is 0. The highest BCUT2D eigenvalue weighted by atomic mass is 32.2. The van der Waals surface area contributed by atoms with Gasteiger partial charge in [-0.2, -0.15) is 0 Å². The first-order chi connectivity index (χ1) is 9.95. The highest BCUT2D eigenvalue weighted by Gasteiger charge is 2.27. The van der Waals surface area contributed by atoms with E-state index in [0.29, 0.717) is 35.4 Å². The van der Waals surface area contributed by atoms with E-state index in [1.807, 2.05) is 13.8 Å². The molecule has 0 spiro atoms. The zero-order valence-corrected chi connectivity index (χ0v) is 14.0. The minimum atomic E-state index is -3.49. The van der Waals surface area contributed by atoms with Crippen molar-refractivity contribution in [3.05, 3.63) is 17.1 Å². The van der Waals surface area contributed by atoms with Crippen LogP contribution in [-0.2, 0) is 16.6 Å². The molecule has 0 amide bonds.